The SMILES string of the molecule is O=C([C@@H]1CCCCN1)N(Cc1ccco1)C1CCCC1. The van der Waals surface area contributed by atoms with Gasteiger partial charge in [-0.25, -0.2) is 0 Å². The van der Waals surface area contributed by atoms with Gasteiger partial charge in [-0.3, -0.25) is 4.79 Å². The van der Waals surface area contributed by atoms with Gasteiger partial charge in [0.05, 0.1) is 18.8 Å². The van der Waals surface area contributed by atoms with Crippen molar-refractivity contribution in [1.82, 2.24) is 10.2 Å². The van der Waals surface area contributed by atoms with Crippen LogP contribution in [-0.2, 0) is 11.3 Å². The molecular weight excluding hydrogens is 252 g/mol. The van der Waals surface area contributed by atoms with Crippen molar-refractivity contribution in [3.05, 3.63) is 24.2 Å². The standard InChI is InChI=1S/C16H24N2O2/c19-16(15-9-3-4-10-17-15)18(13-6-1-2-7-13)12-14-8-5-11-20-14/h5,8,11,13,15,17H,1-4,6-7,9-10,12H2/t15-/m0/s1. The molecule has 0 bridgehead atoms. The Labute approximate surface area is 120 Å². The van der Waals surface area contributed by atoms with Crippen LogP contribution in [0.5, 0.6) is 0 Å². The van der Waals surface area contributed by atoms with Crippen molar-refractivity contribution in [3.8, 4) is 0 Å². The van der Waals surface area contributed by atoms with Crippen molar-refractivity contribution < 1.29 is 9.21 Å². The highest BCUT2D eigenvalue weighted by molar-refractivity contribution is 5.82. The predicted molar refractivity (Wildman–Crippen MR) is 77.2 cm³/mol. The Balaban J connectivity index is 1.71. The van der Waals surface area contributed by atoms with E-state index in [-0.39, 0.29) is 11.9 Å². The van der Waals surface area contributed by atoms with Gasteiger partial charge in [0.2, 0.25) is 5.91 Å². The Morgan fingerprint density at radius 2 is 2.05 bits per heavy atom. The summed E-state index contributed by atoms with van der Waals surface area (Å²) in [5, 5.41) is 3.38. The highest BCUT2D eigenvalue weighted by Gasteiger charge is 2.32. The molecule has 4 nitrogen and oxygen atoms in total. The molecule has 1 aliphatic heterocycles. The lowest BCUT2D eigenvalue weighted by Gasteiger charge is -2.33. The van der Waals surface area contributed by atoms with E-state index in [4.69, 9.17) is 4.42 Å². The Morgan fingerprint density at radius 1 is 1.25 bits per heavy atom. The number of hydrogen-bond donors (Lipinski definition) is 1. The second-order valence-electron chi connectivity index (χ2n) is 5.99. The van der Waals surface area contributed by atoms with Crippen molar-refractivity contribution >= 4 is 5.91 Å². The second kappa shape index (κ2) is 6.44. The lowest BCUT2D eigenvalue weighted by molar-refractivity contribution is -0.137. The van der Waals surface area contributed by atoms with Crippen LogP contribution in [-0.4, -0.2) is 29.4 Å². The molecule has 2 aliphatic rings. The fourth-order valence-electron chi connectivity index (χ4n) is 3.44. The summed E-state index contributed by atoms with van der Waals surface area (Å²) in [6.07, 6.45) is 9.76. The summed E-state index contributed by atoms with van der Waals surface area (Å²) in [6, 6.07) is 4.27. The molecule has 1 saturated heterocycles. The van der Waals surface area contributed by atoms with E-state index in [2.05, 4.69) is 10.2 Å². The molecule has 1 amide bonds. The van der Waals surface area contributed by atoms with Gasteiger partial charge in [-0.1, -0.05) is 19.3 Å². The molecule has 1 saturated carbocycles. The van der Waals surface area contributed by atoms with Crippen molar-refractivity contribution in [2.45, 2.75) is 63.6 Å². The average molecular weight is 276 g/mol. The zero-order chi connectivity index (χ0) is 13.8. The van der Waals surface area contributed by atoms with Gasteiger partial charge in [0, 0.05) is 6.04 Å². The summed E-state index contributed by atoms with van der Waals surface area (Å²) in [4.78, 5) is 14.9. The molecule has 3 rings (SSSR count). The normalized spacial score (nSPS) is 23.9. The first-order valence-corrected chi connectivity index (χ1v) is 7.91. The van der Waals surface area contributed by atoms with E-state index in [9.17, 15) is 4.79 Å². The monoisotopic (exact) mass is 276 g/mol. The van der Waals surface area contributed by atoms with Crippen LogP contribution in [0.2, 0.25) is 0 Å². The molecule has 20 heavy (non-hydrogen) atoms. The zero-order valence-corrected chi connectivity index (χ0v) is 12.0. The Kier molecular flexibility index (Phi) is 4.41. The summed E-state index contributed by atoms with van der Waals surface area (Å²) in [5.74, 6) is 1.16. The largest absolute Gasteiger partial charge is 0.467 e. The molecule has 1 atom stereocenters. The summed E-state index contributed by atoms with van der Waals surface area (Å²) in [6.45, 7) is 1.59. The highest BCUT2D eigenvalue weighted by Crippen LogP contribution is 2.26. The zero-order valence-electron chi connectivity index (χ0n) is 12.0. The van der Waals surface area contributed by atoms with Crippen molar-refractivity contribution in [3.63, 3.8) is 0 Å². The molecule has 1 aromatic heterocycles. The maximum atomic E-state index is 12.8. The van der Waals surface area contributed by atoms with Crippen molar-refractivity contribution in [2.24, 2.45) is 0 Å². The number of carbonyl (C=O) groups excluding carboxylic acids is 1. The van der Waals surface area contributed by atoms with Crippen LogP contribution in [0.1, 0.15) is 50.7 Å². The molecule has 2 heterocycles. The molecule has 0 unspecified atom stereocenters. The molecule has 110 valence electrons. The number of rotatable bonds is 4. The van der Waals surface area contributed by atoms with Gasteiger partial charge >= 0.3 is 0 Å². The van der Waals surface area contributed by atoms with Crippen LogP contribution in [0, 0.1) is 0 Å². The summed E-state index contributed by atoms with van der Waals surface area (Å²) in [5.41, 5.74) is 0. The summed E-state index contributed by atoms with van der Waals surface area (Å²) >= 11 is 0. The Morgan fingerprint density at radius 3 is 2.70 bits per heavy atom. The predicted octanol–water partition coefficient (Wildman–Crippen LogP) is 2.69. The first-order valence-electron chi connectivity index (χ1n) is 7.91. The fraction of sp³-hybridized carbons (Fsp3) is 0.688. The number of nitrogens with zero attached hydrogens (tertiary/aromatic N) is 1. The van der Waals surface area contributed by atoms with Crippen molar-refractivity contribution in [1.29, 1.82) is 0 Å². The summed E-state index contributed by atoms with van der Waals surface area (Å²) < 4.78 is 5.45. The number of amides is 1. The number of piperidine rings is 1. The molecule has 0 radical (unpaired) electrons. The third kappa shape index (κ3) is 3.06. The minimum atomic E-state index is 0.0133. The van der Waals surface area contributed by atoms with Crippen LogP contribution in [0.3, 0.4) is 0 Å². The molecule has 2 fully saturated rings. The lowest BCUT2D eigenvalue weighted by atomic mass is 10.0. The van der Waals surface area contributed by atoms with Gasteiger partial charge in [-0.05, 0) is 44.4 Å². The van der Waals surface area contributed by atoms with Crippen LogP contribution in [0.4, 0.5) is 0 Å². The van der Waals surface area contributed by atoms with Crippen LogP contribution in [0.15, 0.2) is 22.8 Å². The average Bonchev–Trinajstić information content (AvgIpc) is 3.18. The van der Waals surface area contributed by atoms with Gasteiger partial charge in [-0.15, -0.1) is 0 Å². The van der Waals surface area contributed by atoms with E-state index in [1.54, 1.807) is 6.26 Å². The molecule has 1 aliphatic carbocycles. The Bertz CT molecular complexity index is 418. The van der Waals surface area contributed by atoms with Gasteiger partial charge in [0.15, 0.2) is 0 Å². The van der Waals surface area contributed by atoms with E-state index in [1.165, 1.54) is 19.3 Å². The minimum Gasteiger partial charge on any atom is -0.467 e. The van der Waals surface area contributed by atoms with Crippen LogP contribution >= 0.6 is 0 Å². The molecule has 1 N–H and O–H groups in total. The topological polar surface area (TPSA) is 45.5 Å². The molecule has 1 aromatic rings. The number of furan rings is 1. The second-order valence-corrected chi connectivity index (χ2v) is 5.99. The third-order valence-electron chi connectivity index (χ3n) is 4.56. The summed E-state index contributed by atoms with van der Waals surface area (Å²) in [7, 11) is 0. The van der Waals surface area contributed by atoms with Crippen molar-refractivity contribution in [2.75, 3.05) is 6.54 Å². The maximum absolute atomic E-state index is 12.8. The van der Waals surface area contributed by atoms with Gasteiger partial charge < -0.3 is 14.6 Å². The number of nitrogens with one attached hydrogen (secondary N) is 1. The van der Waals surface area contributed by atoms with E-state index < -0.39 is 0 Å². The fourth-order valence-corrected chi connectivity index (χ4v) is 3.44. The first-order chi connectivity index (χ1) is 9.84. The number of hydrogen-bond acceptors (Lipinski definition) is 3. The minimum absolute atomic E-state index is 0.0133. The number of carbonyl (C=O) groups is 1. The lowest BCUT2D eigenvalue weighted by Crippen LogP contribution is -2.51. The van der Waals surface area contributed by atoms with Crippen LogP contribution in [0.25, 0.3) is 0 Å². The van der Waals surface area contributed by atoms with E-state index in [0.717, 1.165) is 38.0 Å². The van der Waals surface area contributed by atoms with Gasteiger partial charge in [0.25, 0.3) is 0 Å². The molecule has 0 spiro atoms. The first kappa shape index (κ1) is 13.7. The smallest absolute Gasteiger partial charge is 0.240 e. The molecular formula is C16H24N2O2. The maximum Gasteiger partial charge on any atom is 0.240 e. The molecule has 0 aromatic carbocycles. The van der Waals surface area contributed by atoms with E-state index in [1.807, 2.05) is 12.1 Å². The van der Waals surface area contributed by atoms with Gasteiger partial charge in [0.1, 0.15) is 5.76 Å². The Hall–Kier alpha value is -1.29. The van der Waals surface area contributed by atoms with Gasteiger partial charge in [-0.2, -0.15) is 0 Å². The highest BCUT2D eigenvalue weighted by atomic mass is 16.3. The van der Waals surface area contributed by atoms with E-state index >= 15 is 0 Å². The van der Waals surface area contributed by atoms with E-state index in [0.29, 0.717) is 12.6 Å². The molecule has 4 heteroatoms. The third-order valence-corrected chi connectivity index (χ3v) is 4.56. The quantitative estimate of drug-likeness (QED) is 0.919. The van der Waals surface area contributed by atoms with Crippen LogP contribution < -0.4 is 5.32 Å².